The minimum absolute atomic E-state index is 0.596. The van der Waals surface area contributed by atoms with Crippen molar-refractivity contribution >= 4 is 28.7 Å². The lowest BCUT2D eigenvalue weighted by molar-refractivity contribution is 0.657. The van der Waals surface area contributed by atoms with Crippen LogP contribution in [0.3, 0.4) is 0 Å². The Labute approximate surface area is 119 Å². The number of hydrogen-bond acceptors (Lipinski definition) is 1. The Bertz CT molecular complexity index is 352. The van der Waals surface area contributed by atoms with E-state index in [4.69, 9.17) is 0 Å². The standard InChI is InChI=1S/C15H22IN/c1-4-9-17-11-14(12(2)3)10-13-5-7-15(16)8-6-13/h5-8,10,12,17H,4,9,11H2,1-3H3/b14-10-. The van der Waals surface area contributed by atoms with E-state index in [9.17, 15) is 0 Å². The van der Waals surface area contributed by atoms with Crippen LogP contribution in [0, 0.1) is 9.49 Å². The van der Waals surface area contributed by atoms with E-state index in [1.807, 2.05) is 0 Å². The first-order valence-corrected chi connectivity index (χ1v) is 7.38. The molecule has 0 heterocycles. The van der Waals surface area contributed by atoms with E-state index >= 15 is 0 Å². The number of nitrogens with one attached hydrogen (secondary N) is 1. The topological polar surface area (TPSA) is 12.0 Å². The summed E-state index contributed by atoms with van der Waals surface area (Å²) in [4.78, 5) is 0. The molecule has 0 saturated heterocycles. The normalized spacial score (nSPS) is 12.2. The van der Waals surface area contributed by atoms with Crippen molar-refractivity contribution in [2.75, 3.05) is 13.1 Å². The van der Waals surface area contributed by atoms with Crippen LogP contribution in [-0.2, 0) is 0 Å². The Hall–Kier alpha value is -0.350. The zero-order chi connectivity index (χ0) is 12.7. The van der Waals surface area contributed by atoms with Crippen molar-refractivity contribution in [1.29, 1.82) is 0 Å². The first-order valence-electron chi connectivity index (χ1n) is 6.30. The first-order chi connectivity index (χ1) is 8.13. The molecule has 0 saturated carbocycles. The molecule has 0 aliphatic heterocycles. The molecule has 0 atom stereocenters. The van der Waals surface area contributed by atoms with E-state index in [0.717, 1.165) is 13.1 Å². The summed E-state index contributed by atoms with van der Waals surface area (Å²) in [7, 11) is 0. The van der Waals surface area contributed by atoms with Gasteiger partial charge in [0.05, 0.1) is 0 Å². The summed E-state index contributed by atoms with van der Waals surface area (Å²) >= 11 is 2.34. The summed E-state index contributed by atoms with van der Waals surface area (Å²) in [6.45, 7) is 8.80. The minimum Gasteiger partial charge on any atom is -0.313 e. The van der Waals surface area contributed by atoms with Crippen LogP contribution in [-0.4, -0.2) is 13.1 Å². The summed E-state index contributed by atoms with van der Waals surface area (Å²) < 4.78 is 1.29. The smallest absolute Gasteiger partial charge is 0.0170 e. The highest BCUT2D eigenvalue weighted by atomic mass is 127. The maximum absolute atomic E-state index is 3.48. The van der Waals surface area contributed by atoms with Crippen LogP contribution in [0.2, 0.25) is 0 Å². The predicted molar refractivity (Wildman–Crippen MR) is 85.1 cm³/mol. The van der Waals surface area contributed by atoms with Crippen molar-refractivity contribution in [3.63, 3.8) is 0 Å². The Morgan fingerprint density at radius 1 is 1.29 bits per heavy atom. The van der Waals surface area contributed by atoms with E-state index in [2.05, 4.69) is 79.0 Å². The average Bonchev–Trinajstić information content (AvgIpc) is 2.30. The lowest BCUT2D eigenvalue weighted by atomic mass is 10.0. The van der Waals surface area contributed by atoms with Gasteiger partial charge in [0.1, 0.15) is 0 Å². The monoisotopic (exact) mass is 343 g/mol. The largest absolute Gasteiger partial charge is 0.313 e. The number of hydrogen-bond donors (Lipinski definition) is 1. The van der Waals surface area contributed by atoms with Crippen molar-refractivity contribution in [2.24, 2.45) is 5.92 Å². The summed E-state index contributed by atoms with van der Waals surface area (Å²) in [5, 5.41) is 3.48. The number of halogens is 1. The maximum atomic E-state index is 3.48. The fourth-order valence-corrected chi connectivity index (χ4v) is 1.96. The average molecular weight is 343 g/mol. The van der Waals surface area contributed by atoms with Crippen LogP contribution >= 0.6 is 22.6 Å². The van der Waals surface area contributed by atoms with Crippen molar-refractivity contribution in [2.45, 2.75) is 27.2 Å². The summed E-state index contributed by atoms with van der Waals surface area (Å²) in [6, 6.07) is 8.68. The molecular formula is C15H22IN. The molecule has 94 valence electrons. The Balaban J connectivity index is 2.71. The van der Waals surface area contributed by atoms with Gasteiger partial charge in [-0.3, -0.25) is 0 Å². The third kappa shape index (κ3) is 5.68. The van der Waals surface area contributed by atoms with Gasteiger partial charge in [-0.25, -0.2) is 0 Å². The fraction of sp³-hybridized carbons (Fsp3) is 0.467. The van der Waals surface area contributed by atoms with Crippen molar-refractivity contribution in [1.82, 2.24) is 5.32 Å². The van der Waals surface area contributed by atoms with Crippen molar-refractivity contribution in [3.8, 4) is 0 Å². The lowest BCUT2D eigenvalue weighted by Crippen LogP contribution is -2.19. The molecule has 1 aromatic carbocycles. The minimum atomic E-state index is 0.596. The van der Waals surface area contributed by atoms with Crippen LogP contribution in [0.25, 0.3) is 6.08 Å². The number of benzene rings is 1. The lowest BCUT2D eigenvalue weighted by Gasteiger charge is -2.12. The Morgan fingerprint density at radius 3 is 2.47 bits per heavy atom. The van der Waals surface area contributed by atoms with Gasteiger partial charge in [-0.2, -0.15) is 0 Å². The van der Waals surface area contributed by atoms with E-state index in [0.29, 0.717) is 5.92 Å². The molecule has 0 unspecified atom stereocenters. The molecule has 1 rings (SSSR count). The van der Waals surface area contributed by atoms with Crippen molar-refractivity contribution in [3.05, 3.63) is 39.0 Å². The van der Waals surface area contributed by atoms with Crippen LogP contribution in [0.15, 0.2) is 29.8 Å². The van der Waals surface area contributed by atoms with E-state index < -0.39 is 0 Å². The molecule has 1 aromatic rings. The highest BCUT2D eigenvalue weighted by molar-refractivity contribution is 14.1. The van der Waals surface area contributed by atoms with Crippen LogP contribution in [0.1, 0.15) is 32.8 Å². The molecule has 0 aliphatic carbocycles. The third-order valence-corrected chi connectivity index (χ3v) is 3.44. The molecular weight excluding hydrogens is 321 g/mol. The SMILES string of the molecule is CCCNC/C(=C/c1ccc(I)cc1)C(C)C. The van der Waals surface area contributed by atoms with Gasteiger partial charge in [0.25, 0.3) is 0 Å². The van der Waals surface area contributed by atoms with E-state index in [1.165, 1.54) is 21.1 Å². The second kappa shape index (κ2) is 7.88. The summed E-state index contributed by atoms with van der Waals surface area (Å²) in [5.41, 5.74) is 2.77. The molecule has 0 bridgehead atoms. The highest BCUT2D eigenvalue weighted by Crippen LogP contribution is 2.15. The second-order valence-electron chi connectivity index (χ2n) is 4.60. The Morgan fingerprint density at radius 2 is 1.94 bits per heavy atom. The quantitative estimate of drug-likeness (QED) is 0.599. The van der Waals surface area contributed by atoms with Crippen LogP contribution < -0.4 is 5.32 Å². The summed E-state index contributed by atoms with van der Waals surface area (Å²) in [5.74, 6) is 0.596. The highest BCUT2D eigenvalue weighted by Gasteiger charge is 2.03. The van der Waals surface area contributed by atoms with Gasteiger partial charge in [-0.15, -0.1) is 0 Å². The third-order valence-electron chi connectivity index (χ3n) is 2.72. The van der Waals surface area contributed by atoms with Crippen LogP contribution in [0.4, 0.5) is 0 Å². The number of rotatable bonds is 6. The van der Waals surface area contributed by atoms with Gasteiger partial charge in [0, 0.05) is 10.1 Å². The molecule has 2 heteroatoms. The van der Waals surface area contributed by atoms with Gasteiger partial charge in [-0.05, 0) is 59.2 Å². The van der Waals surface area contributed by atoms with Gasteiger partial charge in [0.15, 0.2) is 0 Å². The predicted octanol–water partition coefficient (Wildman–Crippen LogP) is 4.33. The molecule has 1 N–H and O–H groups in total. The zero-order valence-corrected chi connectivity index (χ0v) is 13.1. The molecule has 0 aromatic heterocycles. The first kappa shape index (κ1) is 14.7. The van der Waals surface area contributed by atoms with Gasteiger partial charge >= 0.3 is 0 Å². The fourth-order valence-electron chi connectivity index (χ4n) is 1.60. The summed E-state index contributed by atoms with van der Waals surface area (Å²) in [6.07, 6.45) is 3.50. The molecule has 0 fully saturated rings. The second-order valence-corrected chi connectivity index (χ2v) is 5.85. The van der Waals surface area contributed by atoms with E-state index in [1.54, 1.807) is 0 Å². The zero-order valence-electron chi connectivity index (χ0n) is 11.0. The Kier molecular flexibility index (Phi) is 6.82. The van der Waals surface area contributed by atoms with E-state index in [-0.39, 0.29) is 0 Å². The van der Waals surface area contributed by atoms with Gasteiger partial charge < -0.3 is 5.32 Å². The maximum Gasteiger partial charge on any atom is 0.0170 e. The molecule has 0 amide bonds. The molecule has 0 aliphatic rings. The van der Waals surface area contributed by atoms with Crippen LogP contribution in [0.5, 0.6) is 0 Å². The molecule has 1 nitrogen and oxygen atoms in total. The van der Waals surface area contributed by atoms with Crippen molar-refractivity contribution < 1.29 is 0 Å². The molecule has 0 radical (unpaired) electrons. The molecule has 0 spiro atoms. The van der Waals surface area contributed by atoms with Gasteiger partial charge in [0.2, 0.25) is 0 Å². The molecule has 17 heavy (non-hydrogen) atoms. The van der Waals surface area contributed by atoms with Gasteiger partial charge in [-0.1, -0.05) is 44.6 Å².